The van der Waals surface area contributed by atoms with Crippen molar-refractivity contribution in [2.45, 2.75) is 144 Å². The van der Waals surface area contributed by atoms with Gasteiger partial charge in [0.25, 0.3) is 6.48 Å². The molecule has 2 aromatic carbocycles. The fourth-order valence-corrected chi connectivity index (χ4v) is 18.4. The Bertz CT molecular complexity index is 2280. The average molecular weight is 1090 g/mol. The van der Waals surface area contributed by atoms with Crippen LogP contribution in [0.5, 0.6) is 0 Å². The molecule has 404 valence electrons. The maximum atomic E-state index is 13.0. The summed E-state index contributed by atoms with van der Waals surface area (Å²) in [5.74, 6) is -1.38. The molecule has 2 unspecified atom stereocenters. The van der Waals surface area contributed by atoms with Crippen molar-refractivity contribution in [3.8, 4) is 0 Å². The van der Waals surface area contributed by atoms with E-state index >= 15 is 0 Å². The SMILES string of the molecule is CC(=O)OCCOC(OCCOC(C)=O)OC1[C@@H](OP(C)N(C(C)C)C(C)C)[C@@H](CO[Si](OC(c2ccccc2)c2ccccc2)(O[Si](C)(C)C)O[Si](C)(C)C)O[C@H]1n1cnc2c(NC(=O)C(C)C)ncnc21. The smallest absolute Gasteiger partial charge is 0.463 e. The molecule has 1 fully saturated rings. The van der Waals surface area contributed by atoms with Gasteiger partial charge in [-0.25, -0.2) is 15.0 Å². The number of hydrogen-bond acceptors (Lipinski definition) is 18. The molecule has 5 rings (SSSR count). The Kier molecular flexibility index (Phi) is 22.4. The molecule has 1 aliphatic heterocycles. The van der Waals surface area contributed by atoms with Gasteiger partial charge in [-0.05, 0) is 84.8 Å². The Hall–Kier alpha value is -3.92. The number of fused-ring (bicyclic) bond motifs is 1. The first-order valence-electron chi connectivity index (χ1n) is 24.7. The van der Waals surface area contributed by atoms with Crippen molar-refractivity contribution in [2.75, 3.05) is 45.0 Å². The number of anilines is 1. The van der Waals surface area contributed by atoms with Crippen LogP contribution in [0.15, 0.2) is 73.3 Å². The summed E-state index contributed by atoms with van der Waals surface area (Å²) >= 11 is 0. The number of nitrogens with one attached hydrogen (secondary N) is 1. The first-order valence-corrected chi connectivity index (χ1v) is 34.8. The zero-order valence-electron chi connectivity index (χ0n) is 45.1. The molecular weight excluding hydrogens is 1010 g/mol. The van der Waals surface area contributed by atoms with Crippen LogP contribution in [0.3, 0.4) is 0 Å². The molecular formula is C49H77N6O14PSi3. The third kappa shape index (κ3) is 18.1. The molecule has 4 aromatic rings. The molecule has 1 amide bonds. The Morgan fingerprint density at radius 1 is 0.753 bits per heavy atom. The zero-order valence-corrected chi connectivity index (χ0v) is 49.0. The number of esters is 2. The minimum Gasteiger partial charge on any atom is -0.463 e. The monoisotopic (exact) mass is 1090 g/mol. The van der Waals surface area contributed by atoms with E-state index in [0.717, 1.165) is 11.1 Å². The van der Waals surface area contributed by atoms with Crippen LogP contribution < -0.4 is 5.32 Å². The molecule has 0 aliphatic carbocycles. The van der Waals surface area contributed by atoms with Crippen LogP contribution in [-0.4, -0.2) is 144 Å². The number of carbonyl (C=O) groups excluding carboxylic acids is 3. The van der Waals surface area contributed by atoms with Gasteiger partial charge in [-0.15, -0.1) is 0 Å². The summed E-state index contributed by atoms with van der Waals surface area (Å²) in [4.78, 5) is 50.2. The van der Waals surface area contributed by atoms with E-state index in [2.05, 4.69) is 86.9 Å². The van der Waals surface area contributed by atoms with Crippen LogP contribution in [0.4, 0.5) is 5.82 Å². The number of imidazole rings is 1. The van der Waals surface area contributed by atoms with Gasteiger partial charge in [0.2, 0.25) is 5.91 Å². The largest absolute Gasteiger partial charge is 0.659 e. The lowest BCUT2D eigenvalue weighted by Gasteiger charge is -2.41. The van der Waals surface area contributed by atoms with Crippen molar-refractivity contribution >= 4 is 68.8 Å². The maximum absolute atomic E-state index is 13.0. The molecule has 2 aromatic heterocycles. The minimum atomic E-state index is -4.24. The van der Waals surface area contributed by atoms with Crippen LogP contribution in [0, 0.1) is 5.92 Å². The second-order valence-corrected chi connectivity index (χ2v) is 33.4. The predicted molar refractivity (Wildman–Crippen MR) is 283 cm³/mol. The first kappa shape index (κ1) is 60.0. The molecule has 24 heteroatoms. The highest BCUT2D eigenvalue weighted by molar-refractivity contribution is 7.49. The number of amides is 1. The van der Waals surface area contributed by atoms with Gasteiger partial charge in [-0.1, -0.05) is 74.5 Å². The molecule has 3 heterocycles. The highest BCUT2D eigenvalue weighted by Crippen LogP contribution is 2.48. The maximum Gasteiger partial charge on any atom is 0.659 e. The van der Waals surface area contributed by atoms with Crippen molar-refractivity contribution < 1.29 is 64.4 Å². The van der Waals surface area contributed by atoms with Gasteiger partial charge in [0.1, 0.15) is 52.3 Å². The number of hydrogen-bond donors (Lipinski definition) is 1. The molecule has 20 nitrogen and oxygen atoms in total. The fraction of sp³-hybridized carbons (Fsp3) is 0.592. The van der Waals surface area contributed by atoms with E-state index in [4.69, 9.17) is 55.0 Å². The lowest BCUT2D eigenvalue weighted by molar-refractivity contribution is -0.319. The molecule has 5 atom stereocenters. The van der Waals surface area contributed by atoms with E-state index in [9.17, 15) is 14.4 Å². The van der Waals surface area contributed by atoms with E-state index in [1.54, 1.807) is 18.4 Å². The van der Waals surface area contributed by atoms with Crippen LogP contribution in [0.25, 0.3) is 11.2 Å². The van der Waals surface area contributed by atoms with E-state index < -0.39 is 83.0 Å². The molecule has 0 bridgehead atoms. The Morgan fingerprint density at radius 2 is 1.29 bits per heavy atom. The van der Waals surface area contributed by atoms with E-state index in [1.807, 2.05) is 67.3 Å². The minimum absolute atomic E-state index is 0.0793. The Balaban J connectivity index is 1.69. The van der Waals surface area contributed by atoms with Crippen LogP contribution in [0.2, 0.25) is 39.3 Å². The standard InChI is InChI=1S/C49H77N6O14PSi3/c1-33(2)47(58)53-45-41-46(51-31-50-45)54(32-52-41)48-44(65-49(61-28-26-59-36(7)56)62-29-27-60-37(8)57)43(66-70(9)55(34(3)4)35(5)6)40(64-48)30-63-73(68-71(10,11)12,69-72(13,14)15)67-42(38-22-18-16-19-23-38)39-24-20-17-21-25-39/h16-25,31-35,40,42-44,48-49H,26-30H2,1-15H3,(H,50,51,53,58)/t40-,43+,44?,48-,70?/m1/s1. The summed E-state index contributed by atoms with van der Waals surface area (Å²) < 4.78 is 76.7. The van der Waals surface area contributed by atoms with Crippen molar-refractivity contribution in [3.63, 3.8) is 0 Å². The molecule has 1 N–H and O–H groups in total. The molecule has 0 spiro atoms. The lowest BCUT2D eigenvalue weighted by atomic mass is 10.0. The number of rotatable bonds is 29. The van der Waals surface area contributed by atoms with Gasteiger partial charge < -0.3 is 55.3 Å². The van der Waals surface area contributed by atoms with Gasteiger partial charge in [0, 0.05) is 31.8 Å². The summed E-state index contributed by atoms with van der Waals surface area (Å²) in [6.45, 7) is 26.9. The summed E-state index contributed by atoms with van der Waals surface area (Å²) in [5.41, 5.74) is 2.37. The summed E-state index contributed by atoms with van der Waals surface area (Å²) in [6.07, 6.45) is -1.87. The predicted octanol–water partition coefficient (Wildman–Crippen LogP) is 8.55. The zero-order chi connectivity index (χ0) is 53.7. The van der Waals surface area contributed by atoms with E-state index in [1.165, 1.54) is 26.5 Å². The highest BCUT2D eigenvalue weighted by atomic mass is 31.2. The quantitative estimate of drug-likeness (QED) is 0.0177. The number of benzene rings is 2. The topological polar surface area (TPSA) is 212 Å². The van der Waals surface area contributed by atoms with Gasteiger partial charge in [-0.2, -0.15) is 0 Å². The number of nitrogens with zero attached hydrogens (tertiary/aromatic N) is 5. The second-order valence-electron chi connectivity index (χ2n) is 20.2. The first-order chi connectivity index (χ1) is 34.4. The third-order valence-corrected chi connectivity index (χ3v) is 20.7. The highest BCUT2D eigenvalue weighted by Gasteiger charge is 2.57. The van der Waals surface area contributed by atoms with Crippen molar-refractivity contribution in [1.82, 2.24) is 24.2 Å². The summed E-state index contributed by atoms with van der Waals surface area (Å²) in [5, 5.41) is 2.87. The Morgan fingerprint density at radius 3 is 1.77 bits per heavy atom. The fourth-order valence-electron chi connectivity index (χ4n) is 7.95. The summed E-state index contributed by atoms with van der Waals surface area (Å²) in [6, 6.07) is 20.0. The average Bonchev–Trinajstić information content (AvgIpc) is 3.87. The number of carbonyl (C=O) groups is 3. The number of ether oxygens (including phenoxy) is 6. The molecule has 0 radical (unpaired) electrons. The van der Waals surface area contributed by atoms with Gasteiger partial charge >= 0.3 is 21.0 Å². The molecule has 0 saturated carbocycles. The van der Waals surface area contributed by atoms with Crippen LogP contribution >= 0.6 is 8.30 Å². The van der Waals surface area contributed by atoms with Crippen molar-refractivity contribution in [3.05, 3.63) is 84.4 Å². The van der Waals surface area contributed by atoms with E-state index in [-0.39, 0.29) is 62.8 Å². The second kappa shape index (κ2) is 27.2. The van der Waals surface area contributed by atoms with Gasteiger partial charge in [0.15, 0.2) is 39.8 Å². The normalized spacial score (nSPS) is 18.2. The van der Waals surface area contributed by atoms with Crippen molar-refractivity contribution in [2.24, 2.45) is 5.92 Å². The van der Waals surface area contributed by atoms with Gasteiger partial charge in [-0.3, -0.25) is 23.6 Å². The Labute approximate surface area is 435 Å². The lowest BCUT2D eigenvalue weighted by Crippen LogP contribution is -2.60. The van der Waals surface area contributed by atoms with Crippen molar-refractivity contribution in [1.29, 1.82) is 0 Å². The molecule has 1 saturated heterocycles. The molecule has 73 heavy (non-hydrogen) atoms. The molecule has 1 aliphatic rings. The van der Waals surface area contributed by atoms with E-state index in [0.29, 0.717) is 11.2 Å². The van der Waals surface area contributed by atoms with Crippen LogP contribution in [-0.2, 0) is 64.4 Å². The third-order valence-electron chi connectivity index (χ3n) is 10.6. The van der Waals surface area contributed by atoms with Crippen LogP contribution in [0.1, 0.15) is 78.8 Å². The summed E-state index contributed by atoms with van der Waals surface area (Å²) in [7, 11) is -10.7. The number of aromatic nitrogens is 4. The van der Waals surface area contributed by atoms with Gasteiger partial charge in [0.05, 0.1) is 26.1 Å².